The standard InChI is InChI=1S/C24H16N4/c1-11-5-7-15-21-19(11)13(3)17(9-25)27-23(21)16-8-6-12(2)20-14(4)18(10-26)28-24(15)22(16)20/h5-8H,1-4H3. The number of hydrogen-bond donors (Lipinski definition) is 0. The average Bonchev–Trinajstić information content (AvgIpc) is 2.69. The van der Waals surface area contributed by atoms with Crippen LogP contribution in [0.4, 0.5) is 0 Å². The quantitative estimate of drug-likeness (QED) is 0.270. The molecule has 4 nitrogen and oxygen atoms in total. The maximum Gasteiger partial charge on any atom is 0.144 e. The zero-order valence-corrected chi connectivity index (χ0v) is 16.1. The van der Waals surface area contributed by atoms with Crippen molar-refractivity contribution in [2.24, 2.45) is 0 Å². The Morgan fingerprint density at radius 2 is 1.00 bits per heavy atom. The molecule has 0 aliphatic heterocycles. The summed E-state index contributed by atoms with van der Waals surface area (Å²) in [7, 11) is 0. The van der Waals surface area contributed by atoms with Gasteiger partial charge in [-0.15, -0.1) is 0 Å². The highest BCUT2D eigenvalue weighted by atomic mass is 14.7. The molecule has 0 aliphatic carbocycles. The Balaban J connectivity index is 2.27. The lowest BCUT2D eigenvalue weighted by Gasteiger charge is -2.18. The van der Waals surface area contributed by atoms with Crippen molar-refractivity contribution in [1.82, 2.24) is 9.97 Å². The minimum absolute atomic E-state index is 0.457. The van der Waals surface area contributed by atoms with Gasteiger partial charge < -0.3 is 0 Å². The number of rotatable bonds is 0. The Morgan fingerprint density at radius 3 is 1.36 bits per heavy atom. The molecule has 132 valence electrons. The third-order valence-electron chi connectivity index (χ3n) is 5.93. The SMILES string of the molecule is Cc1ccc2c3nc(C#N)c(C)c4c(C)ccc(c5nc(C#N)c(C)c1c25)c43. The predicted octanol–water partition coefficient (Wildman–Crippen LogP) is 5.50. The van der Waals surface area contributed by atoms with Crippen LogP contribution < -0.4 is 0 Å². The van der Waals surface area contributed by atoms with Gasteiger partial charge in [0.25, 0.3) is 0 Å². The lowest BCUT2D eigenvalue weighted by atomic mass is 9.88. The molecule has 2 aromatic heterocycles. The number of aromatic nitrogens is 2. The number of nitriles is 2. The minimum atomic E-state index is 0.457. The first-order valence-electron chi connectivity index (χ1n) is 9.16. The summed E-state index contributed by atoms with van der Waals surface area (Å²) in [4.78, 5) is 9.53. The van der Waals surface area contributed by atoms with Crippen molar-refractivity contribution in [3.05, 3.63) is 57.9 Å². The third-order valence-corrected chi connectivity index (χ3v) is 5.93. The van der Waals surface area contributed by atoms with E-state index >= 15 is 0 Å². The van der Waals surface area contributed by atoms with Gasteiger partial charge in [-0.05, 0) is 60.7 Å². The van der Waals surface area contributed by atoms with Gasteiger partial charge in [0.1, 0.15) is 23.5 Å². The normalized spacial score (nSPS) is 11.5. The predicted molar refractivity (Wildman–Crippen MR) is 112 cm³/mol. The Morgan fingerprint density at radius 1 is 0.607 bits per heavy atom. The van der Waals surface area contributed by atoms with Gasteiger partial charge in [0.15, 0.2) is 0 Å². The lowest BCUT2D eigenvalue weighted by molar-refractivity contribution is 1.27. The van der Waals surface area contributed by atoms with Gasteiger partial charge in [-0.25, -0.2) is 9.97 Å². The molecule has 5 rings (SSSR count). The molecule has 5 aromatic rings. The lowest BCUT2D eigenvalue weighted by Crippen LogP contribution is -2.00. The third kappa shape index (κ3) is 1.82. The molecule has 0 saturated carbocycles. The van der Waals surface area contributed by atoms with Gasteiger partial charge in [-0.1, -0.05) is 24.3 Å². The zero-order chi connectivity index (χ0) is 19.7. The van der Waals surface area contributed by atoms with E-state index in [9.17, 15) is 10.5 Å². The van der Waals surface area contributed by atoms with Crippen LogP contribution >= 0.6 is 0 Å². The van der Waals surface area contributed by atoms with E-state index < -0.39 is 0 Å². The molecule has 4 heteroatoms. The highest BCUT2D eigenvalue weighted by Gasteiger charge is 2.21. The summed E-state index contributed by atoms with van der Waals surface area (Å²) in [5.74, 6) is 0. The van der Waals surface area contributed by atoms with E-state index in [1.165, 1.54) is 0 Å². The first-order chi connectivity index (χ1) is 13.5. The van der Waals surface area contributed by atoms with Crippen LogP contribution in [-0.4, -0.2) is 9.97 Å². The van der Waals surface area contributed by atoms with Gasteiger partial charge in [0, 0.05) is 21.5 Å². The summed E-state index contributed by atoms with van der Waals surface area (Å²) in [6.45, 7) is 8.01. The van der Waals surface area contributed by atoms with Crippen LogP contribution in [0.2, 0.25) is 0 Å². The van der Waals surface area contributed by atoms with E-state index in [0.29, 0.717) is 11.4 Å². The monoisotopic (exact) mass is 360 g/mol. The summed E-state index contributed by atoms with van der Waals surface area (Å²) in [5, 5.41) is 25.4. The van der Waals surface area contributed by atoms with Crippen molar-refractivity contribution < 1.29 is 0 Å². The summed E-state index contributed by atoms with van der Waals surface area (Å²) in [6.07, 6.45) is 0. The second-order valence-electron chi connectivity index (χ2n) is 7.45. The minimum Gasteiger partial charge on any atom is -0.236 e. The van der Waals surface area contributed by atoms with Crippen LogP contribution in [0, 0.1) is 50.4 Å². The van der Waals surface area contributed by atoms with Crippen molar-refractivity contribution in [2.75, 3.05) is 0 Å². The van der Waals surface area contributed by atoms with E-state index in [4.69, 9.17) is 9.97 Å². The first-order valence-corrected chi connectivity index (χ1v) is 9.16. The van der Waals surface area contributed by atoms with Crippen LogP contribution in [-0.2, 0) is 0 Å². The highest BCUT2D eigenvalue weighted by molar-refractivity contribution is 6.32. The van der Waals surface area contributed by atoms with E-state index in [0.717, 1.165) is 65.6 Å². The Hall–Kier alpha value is -3.76. The fourth-order valence-corrected chi connectivity index (χ4v) is 4.61. The Bertz CT molecular complexity index is 1440. The van der Waals surface area contributed by atoms with E-state index in [-0.39, 0.29) is 0 Å². The van der Waals surface area contributed by atoms with Gasteiger partial charge >= 0.3 is 0 Å². The number of nitrogens with zero attached hydrogens (tertiary/aromatic N) is 4. The number of fused-ring (bicyclic) bond motifs is 2. The zero-order valence-electron chi connectivity index (χ0n) is 16.1. The fourth-order valence-electron chi connectivity index (χ4n) is 4.61. The first kappa shape index (κ1) is 16.4. The largest absolute Gasteiger partial charge is 0.236 e. The Kier molecular flexibility index (Phi) is 3.15. The van der Waals surface area contributed by atoms with Crippen LogP contribution in [0.3, 0.4) is 0 Å². The number of aryl methyl sites for hydroxylation is 4. The van der Waals surface area contributed by atoms with Gasteiger partial charge in [0.2, 0.25) is 0 Å². The molecule has 2 heterocycles. The maximum atomic E-state index is 9.66. The molecule has 0 atom stereocenters. The van der Waals surface area contributed by atoms with Crippen LogP contribution in [0.15, 0.2) is 24.3 Å². The molecule has 0 N–H and O–H groups in total. The molecule has 0 fully saturated rings. The van der Waals surface area contributed by atoms with Crippen LogP contribution in [0.25, 0.3) is 43.4 Å². The maximum absolute atomic E-state index is 9.66. The van der Waals surface area contributed by atoms with Crippen molar-refractivity contribution in [1.29, 1.82) is 10.5 Å². The second kappa shape index (κ2) is 5.38. The van der Waals surface area contributed by atoms with E-state index in [2.05, 4.69) is 50.3 Å². The average molecular weight is 360 g/mol. The molecule has 3 aromatic carbocycles. The molecule has 0 unspecified atom stereocenters. The number of benzene rings is 3. The molecular formula is C24H16N4. The van der Waals surface area contributed by atoms with Crippen molar-refractivity contribution in [3.8, 4) is 12.1 Å². The van der Waals surface area contributed by atoms with E-state index in [1.54, 1.807) is 0 Å². The molecule has 0 radical (unpaired) electrons. The van der Waals surface area contributed by atoms with Crippen molar-refractivity contribution in [3.63, 3.8) is 0 Å². The smallest absolute Gasteiger partial charge is 0.144 e. The van der Waals surface area contributed by atoms with Gasteiger partial charge in [-0.3, -0.25) is 0 Å². The molecular weight excluding hydrogens is 344 g/mol. The summed E-state index contributed by atoms with van der Waals surface area (Å²) >= 11 is 0. The van der Waals surface area contributed by atoms with Crippen molar-refractivity contribution in [2.45, 2.75) is 27.7 Å². The molecule has 0 bridgehead atoms. The van der Waals surface area contributed by atoms with Gasteiger partial charge in [0.05, 0.1) is 11.0 Å². The number of hydrogen-bond acceptors (Lipinski definition) is 4. The van der Waals surface area contributed by atoms with E-state index in [1.807, 2.05) is 13.8 Å². The topological polar surface area (TPSA) is 73.4 Å². The summed E-state index contributed by atoms with van der Waals surface area (Å²) in [6, 6.07) is 12.8. The number of pyridine rings is 2. The van der Waals surface area contributed by atoms with Gasteiger partial charge in [-0.2, -0.15) is 10.5 Å². The Labute approximate surface area is 162 Å². The molecule has 0 aliphatic rings. The second-order valence-corrected chi connectivity index (χ2v) is 7.45. The summed E-state index contributed by atoms with van der Waals surface area (Å²) < 4.78 is 0. The van der Waals surface area contributed by atoms with Crippen LogP contribution in [0.1, 0.15) is 33.6 Å². The van der Waals surface area contributed by atoms with Crippen molar-refractivity contribution >= 4 is 43.4 Å². The molecule has 28 heavy (non-hydrogen) atoms. The molecule has 0 saturated heterocycles. The van der Waals surface area contributed by atoms with Crippen LogP contribution in [0.5, 0.6) is 0 Å². The fraction of sp³-hybridized carbons (Fsp3) is 0.167. The molecule has 0 amide bonds. The summed E-state index contributed by atoms with van der Waals surface area (Å²) in [5.41, 5.74) is 6.57. The highest BCUT2D eigenvalue weighted by Crippen LogP contribution is 2.42. The molecule has 0 spiro atoms.